The Morgan fingerprint density at radius 3 is 2.27 bits per heavy atom. The van der Waals surface area contributed by atoms with Gasteiger partial charge in [0.15, 0.2) is 0 Å². The van der Waals surface area contributed by atoms with Gasteiger partial charge in [0.25, 0.3) is 5.91 Å². The lowest BCUT2D eigenvalue weighted by atomic mass is 10.1. The number of rotatable bonds is 5. The summed E-state index contributed by atoms with van der Waals surface area (Å²) >= 11 is 1.77. The minimum absolute atomic E-state index is 0.0902. The minimum atomic E-state index is -0.173. The van der Waals surface area contributed by atoms with Gasteiger partial charge in [-0.2, -0.15) is 0 Å². The van der Waals surface area contributed by atoms with E-state index < -0.39 is 0 Å². The van der Waals surface area contributed by atoms with Crippen molar-refractivity contribution < 1.29 is 4.79 Å². The fourth-order valence-electron chi connectivity index (χ4n) is 3.34. The van der Waals surface area contributed by atoms with E-state index in [0.717, 1.165) is 22.3 Å². The molecule has 0 fully saturated rings. The second-order valence-corrected chi connectivity index (χ2v) is 8.41. The molecule has 0 bridgehead atoms. The maximum atomic E-state index is 12.6. The number of fused-ring (bicyclic) bond motifs is 1. The number of aryl methyl sites for hydroxylation is 3. The Morgan fingerprint density at radius 2 is 1.57 bits per heavy atom. The molecule has 0 saturated carbocycles. The zero-order valence-corrected chi connectivity index (χ0v) is 18.0. The number of thioether (sulfide) groups is 1. The largest absolute Gasteiger partial charge is 0.328 e. The number of benzene rings is 3. The maximum absolute atomic E-state index is 12.6. The molecular weight excluding hydrogens is 394 g/mol. The second kappa shape index (κ2) is 8.24. The minimum Gasteiger partial charge on any atom is -0.322 e. The summed E-state index contributed by atoms with van der Waals surface area (Å²) in [5, 5.41) is 2.92. The van der Waals surface area contributed by atoms with Crippen LogP contribution in [0.3, 0.4) is 0 Å². The van der Waals surface area contributed by atoms with Gasteiger partial charge >= 0.3 is 5.69 Å². The van der Waals surface area contributed by atoms with Gasteiger partial charge < -0.3 is 5.32 Å². The van der Waals surface area contributed by atoms with Crippen molar-refractivity contribution in [2.45, 2.75) is 17.6 Å². The molecule has 4 rings (SSSR count). The fourth-order valence-corrected chi connectivity index (χ4v) is 4.20. The third-order valence-electron chi connectivity index (χ3n) is 5.17. The quantitative estimate of drug-likeness (QED) is 0.478. The first-order chi connectivity index (χ1) is 14.4. The number of anilines is 1. The third-order valence-corrected chi connectivity index (χ3v) is 6.26. The average Bonchev–Trinajstić information content (AvgIpc) is 2.97. The zero-order chi connectivity index (χ0) is 21.3. The highest BCUT2D eigenvalue weighted by atomic mass is 32.2. The number of nitrogens with one attached hydrogen (secondary N) is 1. The van der Waals surface area contributed by atoms with Crippen molar-refractivity contribution in [3.05, 3.63) is 93.9 Å². The molecule has 4 aromatic rings. The molecule has 0 radical (unpaired) electrons. The van der Waals surface area contributed by atoms with Crippen LogP contribution < -0.4 is 11.0 Å². The van der Waals surface area contributed by atoms with Crippen LogP contribution in [-0.4, -0.2) is 15.0 Å². The molecule has 6 heteroatoms. The van der Waals surface area contributed by atoms with Crippen LogP contribution in [0.4, 0.5) is 5.69 Å². The molecule has 1 heterocycles. The Bertz CT molecular complexity index is 1270. The summed E-state index contributed by atoms with van der Waals surface area (Å²) in [6.45, 7) is 2.08. The standard InChI is InChI=1S/C24H23N3O2S/c1-16-4-11-20(12-5-16)30-15-17-6-8-18(9-7-17)23(28)25-19-10-13-21-22(14-19)27(3)24(29)26(21)2/h4-14H,15H2,1-3H3,(H,25,28). The SMILES string of the molecule is Cc1ccc(SCc2ccc(C(=O)Nc3ccc4c(c3)n(C)c(=O)n4C)cc2)cc1. The molecule has 1 amide bonds. The summed E-state index contributed by atoms with van der Waals surface area (Å²) in [4.78, 5) is 25.9. The number of hydrogen-bond acceptors (Lipinski definition) is 3. The summed E-state index contributed by atoms with van der Waals surface area (Å²) < 4.78 is 3.17. The van der Waals surface area contributed by atoms with Gasteiger partial charge in [-0.05, 0) is 55.0 Å². The van der Waals surface area contributed by atoms with E-state index in [1.165, 1.54) is 10.5 Å². The normalized spacial score (nSPS) is 11.0. The Kier molecular flexibility index (Phi) is 5.50. The van der Waals surface area contributed by atoms with Crippen molar-refractivity contribution in [1.82, 2.24) is 9.13 Å². The number of carbonyl (C=O) groups is 1. The van der Waals surface area contributed by atoms with E-state index in [9.17, 15) is 9.59 Å². The molecular formula is C24H23N3O2S. The van der Waals surface area contributed by atoms with Gasteiger partial charge in [0.1, 0.15) is 0 Å². The molecule has 0 aliphatic heterocycles. The summed E-state index contributed by atoms with van der Waals surface area (Å²) in [7, 11) is 3.46. The number of carbonyl (C=O) groups excluding carboxylic acids is 1. The average molecular weight is 418 g/mol. The van der Waals surface area contributed by atoms with Crippen molar-refractivity contribution in [1.29, 1.82) is 0 Å². The van der Waals surface area contributed by atoms with E-state index in [1.54, 1.807) is 35.0 Å². The van der Waals surface area contributed by atoms with Crippen molar-refractivity contribution >= 4 is 34.4 Å². The molecule has 0 unspecified atom stereocenters. The molecule has 5 nitrogen and oxygen atoms in total. The Hall–Kier alpha value is -3.25. The second-order valence-electron chi connectivity index (χ2n) is 7.36. The van der Waals surface area contributed by atoms with E-state index in [-0.39, 0.29) is 11.6 Å². The lowest BCUT2D eigenvalue weighted by Crippen LogP contribution is -2.19. The third kappa shape index (κ3) is 4.04. The molecule has 0 atom stereocenters. The summed E-state index contributed by atoms with van der Waals surface area (Å²) in [6, 6.07) is 21.6. The van der Waals surface area contributed by atoms with Crippen molar-refractivity contribution in [3.8, 4) is 0 Å². The van der Waals surface area contributed by atoms with Crippen molar-refractivity contribution in [3.63, 3.8) is 0 Å². The van der Waals surface area contributed by atoms with Crippen LogP contribution in [0, 0.1) is 6.92 Å². The molecule has 152 valence electrons. The molecule has 30 heavy (non-hydrogen) atoms. The van der Waals surface area contributed by atoms with Gasteiger partial charge in [-0.25, -0.2) is 4.79 Å². The number of nitrogens with zero attached hydrogens (tertiary/aromatic N) is 2. The Morgan fingerprint density at radius 1 is 0.900 bits per heavy atom. The van der Waals surface area contributed by atoms with Gasteiger partial charge in [0.2, 0.25) is 0 Å². The lowest BCUT2D eigenvalue weighted by molar-refractivity contribution is 0.102. The molecule has 1 N–H and O–H groups in total. The predicted octanol–water partition coefficient (Wildman–Crippen LogP) is 4.73. The highest BCUT2D eigenvalue weighted by Crippen LogP contribution is 2.23. The number of aromatic nitrogens is 2. The van der Waals surface area contributed by atoms with Crippen molar-refractivity contribution in [2.24, 2.45) is 14.1 Å². The summed E-state index contributed by atoms with van der Waals surface area (Å²) in [6.07, 6.45) is 0. The Balaban J connectivity index is 1.43. The van der Waals surface area contributed by atoms with Crippen LogP contribution in [-0.2, 0) is 19.8 Å². The van der Waals surface area contributed by atoms with Gasteiger partial charge in [-0.15, -0.1) is 11.8 Å². The number of hydrogen-bond donors (Lipinski definition) is 1. The summed E-state index contributed by atoms with van der Waals surface area (Å²) in [5.41, 5.74) is 5.20. The maximum Gasteiger partial charge on any atom is 0.328 e. The van der Waals surface area contributed by atoms with Crippen LogP contribution in [0.25, 0.3) is 11.0 Å². The molecule has 0 aliphatic carbocycles. The molecule has 0 saturated heterocycles. The van der Waals surface area contributed by atoms with Gasteiger partial charge in [-0.1, -0.05) is 29.8 Å². The van der Waals surface area contributed by atoms with E-state index in [1.807, 2.05) is 42.5 Å². The lowest BCUT2D eigenvalue weighted by Gasteiger charge is -2.07. The van der Waals surface area contributed by atoms with Crippen LogP contribution in [0.1, 0.15) is 21.5 Å². The van der Waals surface area contributed by atoms with E-state index in [4.69, 9.17) is 0 Å². The number of amides is 1. The molecule has 1 aromatic heterocycles. The predicted molar refractivity (Wildman–Crippen MR) is 123 cm³/mol. The topological polar surface area (TPSA) is 56.0 Å². The smallest absolute Gasteiger partial charge is 0.322 e. The van der Waals surface area contributed by atoms with Crippen LogP contribution in [0.5, 0.6) is 0 Å². The monoisotopic (exact) mass is 417 g/mol. The van der Waals surface area contributed by atoms with E-state index >= 15 is 0 Å². The summed E-state index contributed by atoms with van der Waals surface area (Å²) in [5.74, 6) is 0.678. The van der Waals surface area contributed by atoms with E-state index in [0.29, 0.717) is 11.3 Å². The van der Waals surface area contributed by atoms with Crippen LogP contribution in [0.15, 0.2) is 76.4 Å². The molecule has 3 aromatic carbocycles. The van der Waals surface area contributed by atoms with Gasteiger partial charge in [0, 0.05) is 36.0 Å². The first-order valence-electron chi connectivity index (χ1n) is 9.67. The van der Waals surface area contributed by atoms with Crippen molar-refractivity contribution in [2.75, 3.05) is 5.32 Å². The van der Waals surface area contributed by atoms with Crippen LogP contribution in [0.2, 0.25) is 0 Å². The van der Waals surface area contributed by atoms with Gasteiger partial charge in [-0.3, -0.25) is 13.9 Å². The first-order valence-corrected chi connectivity index (χ1v) is 10.7. The Labute approximate surface area is 179 Å². The fraction of sp³-hybridized carbons (Fsp3) is 0.167. The van der Waals surface area contributed by atoms with Gasteiger partial charge in [0.05, 0.1) is 11.0 Å². The zero-order valence-electron chi connectivity index (χ0n) is 17.2. The first kappa shape index (κ1) is 20.0. The van der Waals surface area contributed by atoms with Crippen LogP contribution >= 0.6 is 11.8 Å². The van der Waals surface area contributed by atoms with E-state index in [2.05, 4.69) is 36.5 Å². The number of imidazole rings is 1. The highest BCUT2D eigenvalue weighted by Gasteiger charge is 2.11. The molecule has 0 aliphatic rings. The molecule has 0 spiro atoms. The highest BCUT2D eigenvalue weighted by molar-refractivity contribution is 7.98.